The molecule has 2 aromatic rings. The minimum Gasteiger partial charge on any atom is -0.376 e. The van der Waals surface area contributed by atoms with E-state index < -0.39 is 11.8 Å². The zero-order chi connectivity index (χ0) is 16.1. The third-order valence-corrected chi connectivity index (χ3v) is 3.53. The van der Waals surface area contributed by atoms with E-state index in [2.05, 4.69) is 20.7 Å². The summed E-state index contributed by atoms with van der Waals surface area (Å²) in [5.74, 6) is -1.36. The van der Waals surface area contributed by atoms with E-state index >= 15 is 0 Å². The Bertz CT molecular complexity index is 663. The van der Waals surface area contributed by atoms with Gasteiger partial charge in [-0.1, -0.05) is 0 Å². The fraction of sp³-hybridized carbons (Fsp3) is 0.333. The van der Waals surface area contributed by atoms with Crippen LogP contribution < -0.4 is 10.6 Å². The maximum Gasteiger partial charge on any atom is 0.313 e. The summed E-state index contributed by atoms with van der Waals surface area (Å²) in [6.07, 6.45) is 4.92. The molecule has 0 aliphatic carbocycles. The summed E-state index contributed by atoms with van der Waals surface area (Å²) in [5.41, 5.74) is 1.34. The second kappa shape index (κ2) is 7.01. The van der Waals surface area contributed by atoms with Crippen molar-refractivity contribution in [3.8, 4) is 5.69 Å². The van der Waals surface area contributed by atoms with Crippen LogP contribution in [-0.4, -0.2) is 45.8 Å². The number of amides is 2. The van der Waals surface area contributed by atoms with Gasteiger partial charge in [0.25, 0.3) is 0 Å². The molecule has 1 fully saturated rings. The monoisotopic (exact) mass is 315 g/mol. The molecule has 0 radical (unpaired) electrons. The molecule has 2 heterocycles. The van der Waals surface area contributed by atoms with E-state index in [1.165, 1.54) is 6.33 Å². The summed E-state index contributed by atoms with van der Waals surface area (Å²) in [7, 11) is 0. The van der Waals surface area contributed by atoms with Crippen molar-refractivity contribution >= 4 is 17.5 Å². The van der Waals surface area contributed by atoms with Crippen LogP contribution in [0.2, 0.25) is 0 Å². The molecule has 8 heteroatoms. The SMILES string of the molecule is O=C(NCC1CCCO1)C(=O)Nc1ccc(-n2cncn2)cc1. The van der Waals surface area contributed by atoms with Gasteiger partial charge in [0.05, 0.1) is 11.8 Å². The Morgan fingerprint density at radius 1 is 1.26 bits per heavy atom. The smallest absolute Gasteiger partial charge is 0.313 e. The number of rotatable bonds is 4. The van der Waals surface area contributed by atoms with Crippen LogP contribution in [0.25, 0.3) is 5.69 Å². The van der Waals surface area contributed by atoms with E-state index in [0.717, 1.165) is 18.5 Å². The molecule has 1 aliphatic heterocycles. The Morgan fingerprint density at radius 2 is 2.09 bits per heavy atom. The van der Waals surface area contributed by atoms with Gasteiger partial charge in [0.15, 0.2) is 0 Å². The molecule has 23 heavy (non-hydrogen) atoms. The fourth-order valence-corrected chi connectivity index (χ4v) is 2.32. The Hall–Kier alpha value is -2.74. The summed E-state index contributed by atoms with van der Waals surface area (Å²) in [6.45, 7) is 1.07. The van der Waals surface area contributed by atoms with Gasteiger partial charge in [0.2, 0.25) is 0 Å². The van der Waals surface area contributed by atoms with E-state index in [9.17, 15) is 9.59 Å². The van der Waals surface area contributed by atoms with E-state index in [1.807, 2.05) is 0 Å². The van der Waals surface area contributed by atoms with Gasteiger partial charge >= 0.3 is 11.8 Å². The van der Waals surface area contributed by atoms with Crippen LogP contribution >= 0.6 is 0 Å². The van der Waals surface area contributed by atoms with Gasteiger partial charge in [-0.15, -0.1) is 0 Å². The highest BCUT2D eigenvalue weighted by Gasteiger charge is 2.19. The number of ether oxygens (including phenoxy) is 1. The van der Waals surface area contributed by atoms with Crippen molar-refractivity contribution in [1.82, 2.24) is 20.1 Å². The van der Waals surface area contributed by atoms with Crippen molar-refractivity contribution in [3.05, 3.63) is 36.9 Å². The van der Waals surface area contributed by atoms with Crippen LogP contribution in [0.15, 0.2) is 36.9 Å². The summed E-state index contributed by atoms with van der Waals surface area (Å²) >= 11 is 0. The molecule has 0 bridgehead atoms. The molecule has 1 aliphatic rings. The molecule has 3 rings (SSSR count). The van der Waals surface area contributed by atoms with Crippen molar-refractivity contribution in [1.29, 1.82) is 0 Å². The summed E-state index contributed by atoms with van der Waals surface area (Å²) in [6, 6.07) is 6.94. The number of carbonyl (C=O) groups excluding carboxylic acids is 2. The van der Waals surface area contributed by atoms with Crippen molar-refractivity contribution in [3.63, 3.8) is 0 Å². The molecule has 120 valence electrons. The number of nitrogens with zero attached hydrogens (tertiary/aromatic N) is 3. The van der Waals surface area contributed by atoms with E-state index in [0.29, 0.717) is 18.8 Å². The van der Waals surface area contributed by atoms with Gasteiger partial charge in [0.1, 0.15) is 12.7 Å². The molecule has 1 aromatic heterocycles. The molecule has 1 aromatic carbocycles. The van der Waals surface area contributed by atoms with Crippen LogP contribution in [0, 0.1) is 0 Å². The molecular weight excluding hydrogens is 298 g/mol. The summed E-state index contributed by atoms with van der Waals surface area (Å²) in [4.78, 5) is 27.5. The van der Waals surface area contributed by atoms with E-state index in [4.69, 9.17) is 4.74 Å². The predicted octanol–water partition coefficient (Wildman–Crippen LogP) is 0.501. The number of hydrogen-bond donors (Lipinski definition) is 2. The minimum atomic E-state index is -0.698. The lowest BCUT2D eigenvalue weighted by Crippen LogP contribution is -2.39. The number of aromatic nitrogens is 3. The quantitative estimate of drug-likeness (QED) is 0.801. The summed E-state index contributed by atoms with van der Waals surface area (Å²) in [5, 5.41) is 9.14. The molecule has 0 spiro atoms. The average molecular weight is 315 g/mol. The normalized spacial score (nSPS) is 17.0. The number of hydrogen-bond acceptors (Lipinski definition) is 5. The molecule has 2 N–H and O–H groups in total. The number of benzene rings is 1. The first kappa shape index (κ1) is 15.2. The number of carbonyl (C=O) groups is 2. The van der Waals surface area contributed by atoms with Crippen LogP contribution in [-0.2, 0) is 14.3 Å². The molecule has 1 unspecified atom stereocenters. The van der Waals surface area contributed by atoms with Crippen LogP contribution in [0.5, 0.6) is 0 Å². The molecule has 2 amide bonds. The maximum absolute atomic E-state index is 11.8. The highest BCUT2D eigenvalue weighted by molar-refractivity contribution is 6.39. The maximum atomic E-state index is 11.8. The average Bonchev–Trinajstić information content (AvgIpc) is 3.26. The van der Waals surface area contributed by atoms with Gasteiger partial charge in [-0.2, -0.15) is 5.10 Å². The molecule has 1 atom stereocenters. The first-order valence-electron chi connectivity index (χ1n) is 7.38. The second-order valence-corrected chi connectivity index (χ2v) is 5.19. The first-order valence-corrected chi connectivity index (χ1v) is 7.38. The van der Waals surface area contributed by atoms with Gasteiger partial charge in [-0.05, 0) is 37.1 Å². The van der Waals surface area contributed by atoms with Crippen molar-refractivity contribution < 1.29 is 14.3 Å². The van der Waals surface area contributed by atoms with Gasteiger partial charge < -0.3 is 15.4 Å². The summed E-state index contributed by atoms with van der Waals surface area (Å²) < 4.78 is 6.99. The van der Waals surface area contributed by atoms with Crippen LogP contribution in [0.3, 0.4) is 0 Å². The van der Waals surface area contributed by atoms with Crippen molar-refractivity contribution in [2.75, 3.05) is 18.5 Å². The van der Waals surface area contributed by atoms with Crippen molar-refractivity contribution in [2.24, 2.45) is 0 Å². The Balaban J connectivity index is 1.51. The topological polar surface area (TPSA) is 98.1 Å². The first-order chi connectivity index (χ1) is 11.2. The highest BCUT2D eigenvalue weighted by Crippen LogP contribution is 2.12. The predicted molar refractivity (Wildman–Crippen MR) is 82.0 cm³/mol. The van der Waals surface area contributed by atoms with Crippen LogP contribution in [0.4, 0.5) is 5.69 Å². The largest absolute Gasteiger partial charge is 0.376 e. The highest BCUT2D eigenvalue weighted by atomic mass is 16.5. The Morgan fingerprint density at radius 3 is 2.74 bits per heavy atom. The second-order valence-electron chi connectivity index (χ2n) is 5.19. The third kappa shape index (κ3) is 3.92. The standard InChI is InChI=1S/C15H17N5O3/c21-14(17-8-13-2-1-7-23-13)15(22)19-11-3-5-12(6-4-11)20-10-16-9-18-20/h3-6,9-10,13H,1-2,7-8H2,(H,17,21)(H,19,22). The zero-order valence-corrected chi connectivity index (χ0v) is 12.4. The zero-order valence-electron chi connectivity index (χ0n) is 12.4. The van der Waals surface area contributed by atoms with Gasteiger partial charge in [-0.25, -0.2) is 9.67 Å². The molecule has 8 nitrogen and oxygen atoms in total. The van der Waals surface area contributed by atoms with Gasteiger partial charge in [0, 0.05) is 18.8 Å². The third-order valence-electron chi connectivity index (χ3n) is 3.53. The molecule has 1 saturated heterocycles. The molecule has 0 saturated carbocycles. The lowest BCUT2D eigenvalue weighted by molar-refractivity contribution is -0.136. The molecular formula is C15H17N5O3. The number of anilines is 1. The minimum absolute atomic E-state index is 0.00807. The van der Waals surface area contributed by atoms with Crippen molar-refractivity contribution in [2.45, 2.75) is 18.9 Å². The lowest BCUT2D eigenvalue weighted by atomic mass is 10.2. The van der Waals surface area contributed by atoms with E-state index in [1.54, 1.807) is 35.3 Å². The lowest BCUT2D eigenvalue weighted by Gasteiger charge is -2.11. The van der Waals surface area contributed by atoms with Crippen LogP contribution in [0.1, 0.15) is 12.8 Å². The van der Waals surface area contributed by atoms with Gasteiger partial charge in [-0.3, -0.25) is 9.59 Å². The fourth-order valence-electron chi connectivity index (χ4n) is 2.32. The Labute approximate surface area is 132 Å². The number of nitrogens with one attached hydrogen (secondary N) is 2. The van der Waals surface area contributed by atoms with E-state index in [-0.39, 0.29) is 6.10 Å². The Kier molecular flexibility index (Phi) is 4.62.